The maximum Gasteiger partial charge on any atom is 0.247 e. The van der Waals surface area contributed by atoms with Gasteiger partial charge < -0.3 is 15.5 Å². The lowest BCUT2D eigenvalue weighted by Crippen LogP contribution is -2.44. The summed E-state index contributed by atoms with van der Waals surface area (Å²) in [6.07, 6.45) is 4.83. The topological polar surface area (TPSA) is 66.6 Å². The van der Waals surface area contributed by atoms with Crippen LogP contribution in [0.5, 0.6) is 0 Å². The standard InChI is InChI=1S/C16H21N3O2/c1-18(2)16(21)14-7-4-10-19(14)15(20)9-8-12-5-3-6-13(17)11-12/h3,5-6,8-9,11,14H,4,7,10,17H2,1-2H3/b9-8+. The summed E-state index contributed by atoms with van der Waals surface area (Å²) in [5.41, 5.74) is 7.23. The summed E-state index contributed by atoms with van der Waals surface area (Å²) < 4.78 is 0. The molecular weight excluding hydrogens is 266 g/mol. The van der Waals surface area contributed by atoms with Gasteiger partial charge in [-0.05, 0) is 36.6 Å². The molecule has 1 heterocycles. The molecule has 21 heavy (non-hydrogen) atoms. The third-order valence-corrected chi connectivity index (χ3v) is 3.59. The summed E-state index contributed by atoms with van der Waals surface area (Å²) in [5, 5.41) is 0. The van der Waals surface area contributed by atoms with Gasteiger partial charge in [-0.2, -0.15) is 0 Å². The van der Waals surface area contributed by atoms with Crippen LogP contribution in [0.3, 0.4) is 0 Å². The minimum atomic E-state index is -0.335. The molecule has 0 saturated carbocycles. The van der Waals surface area contributed by atoms with Gasteiger partial charge >= 0.3 is 0 Å². The number of nitrogen functional groups attached to an aromatic ring is 1. The zero-order valence-electron chi connectivity index (χ0n) is 12.5. The number of anilines is 1. The van der Waals surface area contributed by atoms with Crippen LogP contribution in [0.4, 0.5) is 5.69 Å². The van der Waals surface area contributed by atoms with Crippen molar-refractivity contribution in [2.45, 2.75) is 18.9 Å². The molecule has 0 radical (unpaired) electrons. The maximum atomic E-state index is 12.3. The molecule has 1 aromatic rings. The van der Waals surface area contributed by atoms with Crippen LogP contribution in [0.15, 0.2) is 30.3 Å². The summed E-state index contributed by atoms with van der Waals surface area (Å²) in [4.78, 5) is 27.5. The number of carbonyl (C=O) groups excluding carboxylic acids is 2. The van der Waals surface area contributed by atoms with Crippen molar-refractivity contribution in [1.29, 1.82) is 0 Å². The van der Waals surface area contributed by atoms with Crippen LogP contribution < -0.4 is 5.73 Å². The highest BCUT2D eigenvalue weighted by Gasteiger charge is 2.33. The van der Waals surface area contributed by atoms with E-state index in [-0.39, 0.29) is 17.9 Å². The lowest BCUT2D eigenvalue weighted by Gasteiger charge is -2.25. The number of likely N-dealkylation sites (tertiary alicyclic amines) is 1. The third kappa shape index (κ3) is 3.62. The largest absolute Gasteiger partial charge is 0.399 e. The van der Waals surface area contributed by atoms with E-state index in [9.17, 15) is 9.59 Å². The average molecular weight is 287 g/mol. The van der Waals surface area contributed by atoms with E-state index in [0.717, 1.165) is 18.4 Å². The predicted molar refractivity (Wildman–Crippen MR) is 83.3 cm³/mol. The SMILES string of the molecule is CN(C)C(=O)C1CCCN1C(=O)/C=C/c1cccc(N)c1. The number of likely N-dealkylation sites (N-methyl/N-ethyl adjacent to an activating group) is 1. The molecule has 0 aromatic heterocycles. The number of nitrogens with zero attached hydrogens (tertiary/aromatic N) is 2. The van der Waals surface area contributed by atoms with Gasteiger partial charge in [-0.1, -0.05) is 12.1 Å². The minimum Gasteiger partial charge on any atom is -0.399 e. The van der Waals surface area contributed by atoms with Crippen LogP contribution in [0, 0.1) is 0 Å². The van der Waals surface area contributed by atoms with Crippen molar-refractivity contribution < 1.29 is 9.59 Å². The monoisotopic (exact) mass is 287 g/mol. The summed E-state index contributed by atoms with van der Waals surface area (Å²) in [7, 11) is 3.43. The summed E-state index contributed by atoms with van der Waals surface area (Å²) >= 11 is 0. The number of hydrogen-bond donors (Lipinski definition) is 1. The van der Waals surface area contributed by atoms with Crippen molar-refractivity contribution in [1.82, 2.24) is 9.80 Å². The molecule has 5 heteroatoms. The molecule has 1 aliphatic rings. The molecule has 0 spiro atoms. The Morgan fingerprint density at radius 3 is 2.81 bits per heavy atom. The van der Waals surface area contributed by atoms with Gasteiger partial charge in [-0.15, -0.1) is 0 Å². The molecule has 1 aromatic carbocycles. The summed E-state index contributed by atoms with van der Waals surface area (Å²) in [6, 6.07) is 6.99. The lowest BCUT2D eigenvalue weighted by atomic mass is 10.1. The van der Waals surface area contributed by atoms with Crippen LogP contribution >= 0.6 is 0 Å². The fraction of sp³-hybridized carbons (Fsp3) is 0.375. The summed E-state index contributed by atoms with van der Waals surface area (Å²) in [5.74, 6) is -0.145. The highest BCUT2D eigenvalue weighted by Crippen LogP contribution is 2.19. The molecule has 5 nitrogen and oxygen atoms in total. The second kappa shape index (κ2) is 6.43. The lowest BCUT2D eigenvalue weighted by molar-refractivity contribution is -0.139. The van der Waals surface area contributed by atoms with Crippen LogP contribution in [-0.4, -0.2) is 48.3 Å². The molecule has 1 fully saturated rings. The number of rotatable bonds is 3. The Kier molecular flexibility index (Phi) is 4.62. The fourth-order valence-electron chi connectivity index (χ4n) is 2.51. The molecule has 1 aliphatic heterocycles. The number of benzene rings is 1. The fourth-order valence-corrected chi connectivity index (χ4v) is 2.51. The Balaban J connectivity index is 2.07. The average Bonchev–Trinajstić information content (AvgIpc) is 2.93. The first-order chi connectivity index (χ1) is 9.99. The molecule has 2 N–H and O–H groups in total. The first-order valence-electron chi connectivity index (χ1n) is 7.04. The second-order valence-electron chi connectivity index (χ2n) is 5.43. The normalized spacial score (nSPS) is 18.2. The molecule has 1 unspecified atom stereocenters. The Morgan fingerprint density at radius 1 is 1.38 bits per heavy atom. The number of hydrogen-bond acceptors (Lipinski definition) is 3. The van der Waals surface area contributed by atoms with Crippen LogP contribution in [-0.2, 0) is 9.59 Å². The number of carbonyl (C=O) groups is 2. The zero-order chi connectivity index (χ0) is 15.4. The molecule has 2 rings (SSSR count). The molecule has 1 atom stereocenters. The van der Waals surface area contributed by atoms with Crippen LogP contribution in [0.2, 0.25) is 0 Å². The van der Waals surface area contributed by atoms with Crippen molar-refractivity contribution in [2.24, 2.45) is 0 Å². The zero-order valence-corrected chi connectivity index (χ0v) is 12.5. The van der Waals surface area contributed by atoms with Crippen molar-refractivity contribution in [2.75, 3.05) is 26.4 Å². The highest BCUT2D eigenvalue weighted by molar-refractivity contribution is 5.96. The molecule has 0 aliphatic carbocycles. The van der Waals surface area contributed by atoms with E-state index < -0.39 is 0 Å². The Hall–Kier alpha value is -2.30. The predicted octanol–water partition coefficient (Wildman–Crippen LogP) is 1.36. The first-order valence-corrected chi connectivity index (χ1v) is 7.04. The van der Waals surface area contributed by atoms with E-state index in [1.54, 1.807) is 37.2 Å². The Labute approximate surface area is 125 Å². The van der Waals surface area contributed by atoms with E-state index in [0.29, 0.717) is 12.2 Å². The van der Waals surface area contributed by atoms with Gasteiger partial charge in [0.15, 0.2) is 0 Å². The molecular formula is C16H21N3O2. The van der Waals surface area contributed by atoms with Gasteiger partial charge in [0.1, 0.15) is 6.04 Å². The Bertz CT molecular complexity index is 566. The van der Waals surface area contributed by atoms with Crippen LogP contribution in [0.25, 0.3) is 6.08 Å². The number of nitrogens with two attached hydrogens (primary N) is 1. The van der Waals surface area contributed by atoms with E-state index >= 15 is 0 Å². The van der Waals surface area contributed by atoms with Gasteiger partial charge in [0.05, 0.1) is 0 Å². The third-order valence-electron chi connectivity index (χ3n) is 3.59. The number of amides is 2. The molecule has 2 amide bonds. The van der Waals surface area contributed by atoms with Gasteiger partial charge in [-0.3, -0.25) is 9.59 Å². The van der Waals surface area contributed by atoms with Crippen molar-refractivity contribution in [3.8, 4) is 0 Å². The van der Waals surface area contributed by atoms with Gasteiger partial charge in [0.2, 0.25) is 11.8 Å². The molecule has 1 saturated heterocycles. The van der Waals surface area contributed by atoms with Crippen molar-refractivity contribution in [3.63, 3.8) is 0 Å². The Morgan fingerprint density at radius 2 is 2.14 bits per heavy atom. The van der Waals surface area contributed by atoms with E-state index in [4.69, 9.17) is 5.73 Å². The minimum absolute atomic E-state index is 0.0156. The first kappa shape index (κ1) is 15.1. The van der Waals surface area contributed by atoms with Crippen molar-refractivity contribution in [3.05, 3.63) is 35.9 Å². The molecule has 112 valence electrons. The second-order valence-corrected chi connectivity index (χ2v) is 5.43. The van der Waals surface area contributed by atoms with E-state index in [2.05, 4.69) is 0 Å². The molecule has 0 bridgehead atoms. The van der Waals surface area contributed by atoms with Crippen molar-refractivity contribution >= 4 is 23.6 Å². The van der Waals surface area contributed by atoms with Crippen LogP contribution in [0.1, 0.15) is 18.4 Å². The maximum absolute atomic E-state index is 12.3. The summed E-state index contributed by atoms with van der Waals surface area (Å²) in [6.45, 7) is 0.629. The quantitative estimate of drug-likeness (QED) is 0.674. The van der Waals surface area contributed by atoms with E-state index in [1.807, 2.05) is 12.1 Å². The smallest absolute Gasteiger partial charge is 0.247 e. The highest BCUT2D eigenvalue weighted by atomic mass is 16.2. The van der Waals surface area contributed by atoms with E-state index in [1.165, 1.54) is 11.0 Å². The van der Waals surface area contributed by atoms with Gasteiger partial charge in [0.25, 0.3) is 0 Å². The van der Waals surface area contributed by atoms with Gasteiger partial charge in [0, 0.05) is 32.4 Å². The van der Waals surface area contributed by atoms with Gasteiger partial charge in [-0.25, -0.2) is 0 Å².